The summed E-state index contributed by atoms with van der Waals surface area (Å²) < 4.78 is 5.72. The quantitative estimate of drug-likeness (QED) is 0.911. The van der Waals surface area contributed by atoms with Crippen LogP contribution in [0.2, 0.25) is 0 Å². The molecule has 1 N–H and O–H groups in total. The lowest BCUT2D eigenvalue weighted by atomic mass is 10.2. The summed E-state index contributed by atoms with van der Waals surface area (Å²) in [6.07, 6.45) is 1.03. The van der Waals surface area contributed by atoms with E-state index < -0.39 is 0 Å². The Balaban J connectivity index is 1.77. The van der Waals surface area contributed by atoms with Gasteiger partial charge in [0.25, 0.3) is 0 Å². The van der Waals surface area contributed by atoms with E-state index >= 15 is 0 Å². The Bertz CT molecular complexity index is 564. The van der Waals surface area contributed by atoms with Crippen LogP contribution >= 0.6 is 0 Å². The topological polar surface area (TPSA) is 54.2 Å². The molecular weight excluding hydrogens is 240 g/mol. The molecule has 0 unspecified atom stereocenters. The maximum Gasteiger partial charge on any atom is 0.322 e. The number of fused-ring (bicyclic) bond motifs is 1. The van der Waals surface area contributed by atoms with Crippen LogP contribution in [0.15, 0.2) is 28.7 Å². The van der Waals surface area contributed by atoms with Crippen molar-refractivity contribution in [3.05, 3.63) is 35.7 Å². The predicted octanol–water partition coefficient (Wildman–Crippen LogP) is 2.26. The third kappa shape index (κ3) is 2.46. The van der Waals surface area contributed by atoms with E-state index in [0.717, 1.165) is 13.0 Å². The van der Waals surface area contributed by atoms with Gasteiger partial charge in [-0.05, 0) is 18.1 Å². The van der Waals surface area contributed by atoms with E-state index in [9.17, 15) is 0 Å². The van der Waals surface area contributed by atoms with E-state index in [-0.39, 0.29) is 0 Å². The molecule has 100 valence electrons. The van der Waals surface area contributed by atoms with Crippen molar-refractivity contribution in [3.8, 4) is 0 Å². The van der Waals surface area contributed by atoms with Crippen LogP contribution in [0.5, 0.6) is 0 Å². The Morgan fingerprint density at radius 2 is 2.16 bits per heavy atom. The summed E-state index contributed by atoms with van der Waals surface area (Å²) in [5.74, 6) is 0.632. The molecule has 0 bridgehead atoms. The first-order valence-electron chi connectivity index (χ1n) is 6.65. The van der Waals surface area contributed by atoms with E-state index in [1.54, 1.807) is 0 Å². The minimum absolute atomic E-state index is 0.405. The molecule has 1 aliphatic rings. The lowest BCUT2D eigenvalue weighted by Crippen LogP contribution is -2.21. The van der Waals surface area contributed by atoms with Gasteiger partial charge in [0.05, 0.1) is 6.54 Å². The monoisotopic (exact) mass is 258 g/mol. The summed E-state index contributed by atoms with van der Waals surface area (Å²) in [4.78, 5) is 2.08. The van der Waals surface area contributed by atoms with Crippen LogP contribution in [0.3, 0.4) is 0 Å². The molecule has 19 heavy (non-hydrogen) atoms. The second-order valence-corrected chi connectivity index (χ2v) is 5.04. The molecule has 0 saturated heterocycles. The first-order chi connectivity index (χ1) is 9.24. The zero-order valence-corrected chi connectivity index (χ0v) is 11.3. The number of rotatable bonds is 4. The fraction of sp³-hybridized carbons (Fsp3) is 0.429. The van der Waals surface area contributed by atoms with Crippen LogP contribution in [0.1, 0.15) is 25.3 Å². The third-order valence-corrected chi connectivity index (χ3v) is 3.24. The minimum Gasteiger partial charge on any atom is -0.406 e. The van der Waals surface area contributed by atoms with Crippen LogP contribution in [-0.2, 0) is 13.0 Å². The van der Waals surface area contributed by atoms with Crippen molar-refractivity contribution in [1.29, 1.82) is 0 Å². The third-order valence-electron chi connectivity index (χ3n) is 3.24. The molecule has 5 nitrogen and oxygen atoms in total. The van der Waals surface area contributed by atoms with Crippen molar-refractivity contribution in [1.82, 2.24) is 15.5 Å². The van der Waals surface area contributed by atoms with Gasteiger partial charge in [0, 0.05) is 18.3 Å². The first-order valence-corrected chi connectivity index (χ1v) is 6.65. The molecule has 1 aliphatic heterocycles. The maximum atomic E-state index is 5.72. The average molecular weight is 258 g/mol. The average Bonchev–Trinajstić information content (AvgIpc) is 3.02. The maximum absolute atomic E-state index is 5.72. The molecule has 0 saturated carbocycles. The Morgan fingerprint density at radius 3 is 3.00 bits per heavy atom. The SMILES string of the molecule is CC(C)NCc1nnc(N2CCc3ccccc32)o1. The Morgan fingerprint density at radius 1 is 1.32 bits per heavy atom. The van der Waals surface area contributed by atoms with Gasteiger partial charge in [-0.3, -0.25) is 4.90 Å². The van der Waals surface area contributed by atoms with Crippen molar-refractivity contribution in [2.45, 2.75) is 32.9 Å². The number of aromatic nitrogens is 2. The zero-order valence-electron chi connectivity index (χ0n) is 11.3. The number of nitrogens with one attached hydrogen (secondary N) is 1. The Labute approximate surface area is 112 Å². The molecule has 1 aromatic carbocycles. The van der Waals surface area contributed by atoms with Crippen LogP contribution in [0, 0.1) is 0 Å². The molecule has 0 atom stereocenters. The standard InChI is InChI=1S/C14H18N4O/c1-10(2)15-9-13-16-17-14(19-13)18-8-7-11-5-3-4-6-12(11)18/h3-6,10,15H,7-9H2,1-2H3. The highest BCUT2D eigenvalue weighted by Crippen LogP contribution is 2.33. The van der Waals surface area contributed by atoms with Crippen molar-refractivity contribution in [2.24, 2.45) is 0 Å². The van der Waals surface area contributed by atoms with E-state index in [0.29, 0.717) is 24.5 Å². The highest BCUT2D eigenvalue weighted by molar-refractivity contribution is 5.64. The van der Waals surface area contributed by atoms with Gasteiger partial charge in [0.1, 0.15) is 0 Å². The fourth-order valence-electron chi connectivity index (χ4n) is 2.25. The van der Waals surface area contributed by atoms with E-state index in [1.807, 2.05) is 6.07 Å². The predicted molar refractivity (Wildman–Crippen MR) is 73.4 cm³/mol. The van der Waals surface area contributed by atoms with E-state index in [1.165, 1.54) is 11.3 Å². The normalized spacial score (nSPS) is 14.2. The van der Waals surface area contributed by atoms with Crippen LogP contribution in [0.4, 0.5) is 11.7 Å². The first kappa shape index (κ1) is 12.2. The Hall–Kier alpha value is -1.88. The van der Waals surface area contributed by atoms with Gasteiger partial charge < -0.3 is 9.73 Å². The summed E-state index contributed by atoms with van der Waals surface area (Å²) in [5.41, 5.74) is 2.51. The molecule has 0 spiro atoms. The minimum atomic E-state index is 0.405. The molecule has 0 fully saturated rings. The number of benzene rings is 1. The number of para-hydroxylation sites is 1. The molecule has 0 amide bonds. The van der Waals surface area contributed by atoms with Crippen LogP contribution in [-0.4, -0.2) is 22.8 Å². The highest BCUT2D eigenvalue weighted by Gasteiger charge is 2.24. The lowest BCUT2D eigenvalue weighted by Gasteiger charge is -2.13. The largest absolute Gasteiger partial charge is 0.406 e. The number of hydrogen-bond donors (Lipinski definition) is 1. The lowest BCUT2D eigenvalue weighted by molar-refractivity contribution is 0.453. The van der Waals surface area contributed by atoms with Gasteiger partial charge in [-0.15, -0.1) is 5.10 Å². The second-order valence-electron chi connectivity index (χ2n) is 5.04. The van der Waals surface area contributed by atoms with Crippen molar-refractivity contribution >= 4 is 11.7 Å². The van der Waals surface area contributed by atoms with Gasteiger partial charge in [-0.25, -0.2) is 0 Å². The van der Waals surface area contributed by atoms with Gasteiger partial charge in [0.2, 0.25) is 5.89 Å². The van der Waals surface area contributed by atoms with Crippen molar-refractivity contribution in [3.63, 3.8) is 0 Å². The molecule has 2 aromatic rings. The fourth-order valence-corrected chi connectivity index (χ4v) is 2.25. The van der Waals surface area contributed by atoms with Gasteiger partial charge >= 0.3 is 6.01 Å². The molecular formula is C14H18N4O. The second kappa shape index (κ2) is 5.01. The molecule has 0 radical (unpaired) electrons. The summed E-state index contributed by atoms with van der Waals surface area (Å²) in [7, 11) is 0. The van der Waals surface area contributed by atoms with Gasteiger partial charge in [-0.2, -0.15) is 0 Å². The molecule has 2 heterocycles. The number of hydrogen-bond acceptors (Lipinski definition) is 5. The molecule has 0 aliphatic carbocycles. The number of anilines is 2. The van der Waals surface area contributed by atoms with Gasteiger partial charge in [-0.1, -0.05) is 37.1 Å². The van der Waals surface area contributed by atoms with Gasteiger partial charge in [0.15, 0.2) is 0 Å². The van der Waals surface area contributed by atoms with E-state index in [4.69, 9.17) is 4.42 Å². The number of nitrogens with zero attached hydrogens (tertiary/aromatic N) is 3. The van der Waals surface area contributed by atoms with Crippen LogP contribution in [0.25, 0.3) is 0 Å². The zero-order chi connectivity index (χ0) is 13.2. The summed E-state index contributed by atoms with van der Waals surface area (Å²) in [6.45, 7) is 5.70. The highest BCUT2D eigenvalue weighted by atomic mass is 16.4. The summed E-state index contributed by atoms with van der Waals surface area (Å²) in [6, 6.07) is 9.34. The summed E-state index contributed by atoms with van der Waals surface area (Å²) in [5, 5.41) is 11.5. The molecule has 3 rings (SSSR count). The molecule has 5 heteroatoms. The van der Waals surface area contributed by atoms with E-state index in [2.05, 4.69) is 52.5 Å². The van der Waals surface area contributed by atoms with Crippen LogP contribution < -0.4 is 10.2 Å². The van der Waals surface area contributed by atoms with Crippen molar-refractivity contribution < 1.29 is 4.42 Å². The molecule has 1 aromatic heterocycles. The Kier molecular flexibility index (Phi) is 3.21. The van der Waals surface area contributed by atoms with Crippen molar-refractivity contribution in [2.75, 3.05) is 11.4 Å². The summed E-state index contributed by atoms with van der Waals surface area (Å²) >= 11 is 0. The smallest absolute Gasteiger partial charge is 0.322 e.